The van der Waals surface area contributed by atoms with Gasteiger partial charge in [-0.15, -0.1) is 0 Å². The smallest absolute Gasteiger partial charge is 0.328 e. The van der Waals surface area contributed by atoms with E-state index in [0.29, 0.717) is 6.21 Å². The van der Waals surface area contributed by atoms with Crippen molar-refractivity contribution in [3.05, 3.63) is 0 Å². The monoisotopic (exact) mass is 258 g/mol. The van der Waals surface area contributed by atoms with Crippen LogP contribution in [0.4, 0.5) is 0 Å². The maximum Gasteiger partial charge on any atom is 0.328 e. The van der Waals surface area contributed by atoms with Crippen molar-refractivity contribution in [3.63, 3.8) is 0 Å². The van der Waals surface area contributed by atoms with Crippen molar-refractivity contribution < 1.29 is 23.9 Å². The molecule has 0 aromatic carbocycles. The highest BCUT2D eigenvalue weighted by atomic mass is 16.5. The first-order valence-electron chi connectivity index (χ1n) is 5.53. The third-order valence-electron chi connectivity index (χ3n) is 2.02. The summed E-state index contributed by atoms with van der Waals surface area (Å²) in [6.07, 6.45) is 0.780. The lowest BCUT2D eigenvalue weighted by atomic mass is 10.1. The minimum atomic E-state index is -0.892. The number of hydrogen-bond acceptors (Lipinski definition) is 6. The number of amides is 1. The second-order valence-electron chi connectivity index (χ2n) is 3.45. The summed E-state index contributed by atoms with van der Waals surface area (Å²) in [4.78, 5) is 33.8. The summed E-state index contributed by atoms with van der Waals surface area (Å²) in [5, 5.41) is 9.17. The van der Waals surface area contributed by atoms with Crippen LogP contribution in [0.3, 0.4) is 0 Å². The Morgan fingerprint density at radius 1 is 1.39 bits per heavy atom. The van der Waals surface area contributed by atoms with Crippen molar-refractivity contribution >= 4 is 23.9 Å². The highest BCUT2D eigenvalue weighted by molar-refractivity contribution is 6.26. The number of esters is 1. The van der Waals surface area contributed by atoms with E-state index < -0.39 is 23.7 Å². The summed E-state index contributed by atoms with van der Waals surface area (Å²) < 4.78 is 9.41. The molecule has 102 valence electrons. The molecule has 0 bridgehead atoms. The Hall–Kier alpha value is -1.76. The first kappa shape index (κ1) is 16.2. The standard InChI is InChI=1S/C11H18N2O5/c1-3-18-11(16)9(5-4-8(14)6-12)13-10(15)7-17-2/h6,9,12H,3-5,7H2,1-2H3,(H,13,15)/t9-/m0/s1. The molecule has 0 aromatic rings. The minimum absolute atomic E-state index is 0.000241. The van der Waals surface area contributed by atoms with E-state index in [1.165, 1.54) is 7.11 Å². The average Bonchev–Trinajstić information content (AvgIpc) is 2.34. The maximum atomic E-state index is 11.5. The molecule has 7 heteroatoms. The molecule has 0 aliphatic rings. The number of nitrogens with one attached hydrogen (secondary N) is 2. The summed E-state index contributed by atoms with van der Waals surface area (Å²) in [6, 6.07) is -0.892. The average molecular weight is 258 g/mol. The Kier molecular flexibility index (Phi) is 8.38. The molecule has 1 amide bonds. The Balaban J connectivity index is 4.41. The van der Waals surface area contributed by atoms with Crippen LogP contribution in [0.1, 0.15) is 19.8 Å². The van der Waals surface area contributed by atoms with E-state index in [1.54, 1.807) is 6.92 Å². The summed E-state index contributed by atoms with van der Waals surface area (Å²) in [7, 11) is 1.36. The van der Waals surface area contributed by atoms with Gasteiger partial charge in [0.2, 0.25) is 5.91 Å². The van der Waals surface area contributed by atoms with Crippen LogP contribution in [0.25, 0.3) is 0 Å². The van der Waals surface area contributed by atoms with Crippen LogP contribution in [-0.4, -0.2) is 50.2 Å². The van der Waals surface area contributed by atoms with Gasteiger partial charge in [-0.1, -0.05) is 0 Å². The lowest BCUT2D eigenvalue weighted by molar-refractivity contribution is -0.148. The van der Waals surface area contributed by atoms with Crippen LogP contribution in [0.15, 0.2) is 0 Å². The zero-order chi connectivity index (χ0) is 14.0. The van der Waals surface area contributed by atoms with Crippen LogP contribution in [0, 0.1) is 5.41 Å². The molecule has 0 heterocycles. The molecule has 0 saturated heterocycles. The van der Waals surface area contributed by atoms with Gasteiger partial charge in [-0.25, -0.2) is 4.79 Å². The van der Waals surface area contributed by atoms with Crippen molar-refractivity contribution in [2.45, 2.75) is 25.8 Å². The lowest BCUT2D eigenvalue weighted by Gasteiger charge is -2.16. The molecule has 0 aliphatic heterocycles. The van der Waals surface area contributed by atoms with Gasteiger partial charge < -0.3 is 20.2 Å². The van der Waals surface area contributed by atoms with Gasteiger partial charge in [0, 0.05) is 13.5 Å². The Bertz CT molecular complexity index is 317. The molecule has 0 fully saturated rings. The molecule has 0 rings (SSSR count). The number of hydrogen-bond donors (Lipinski definition) is 2. The number of carbonyl (C=O) groups excluding carboxylic acids is 3. The Morgan fingerprint density at radius 2 is 2.06 bits per heavy atom. The molecule has 1 atom stereocenters. The predicted molar refractivity (Wildman–Crippen MR) is 63.5 cm³/mol. The normalized spacial score (nSPS) is 11.4. The van der Waals surface area contributed by atoms with Crippen LogP contribution in [-0.2, 0) is 23.9 Å². The van der Waals surface area contributed by atoms with Gasteiger partial charge in [0.1, 0.15) is 12.6 Å². The molecule has 18 heavy (non-hydrogen) atoms. The molecule has 0 aliphatic carbocycles. The third kappa shape index (κ3) is 6.74. The van der Waals surface area contributed by atoms with Crippen LogP contribution in [0.2, 0.25) is 0 Å². The molecule has 0 spiro atoms. The van der Waals surface area contributed by atoms with Crippen LogP contribution < -0.4 is 5.32 Å². The summed E-state index contributed by atoms with van der Waals surface area (Å²) in [5.74, 6) is -1.47. The zero-order valence-electron chi connectivity index (χ0n) is 10.5. The summed E-state index contributed by atoms with van der Waals surface area (Å²) in [5.41, 5.74) is 0. The first-order chi connectivity index (χ1) is 8.54. The quantitative estimate of drug-likeness (QED) is 0.435. The van der Waals surface area contributed by atoms with Crippen molar-refractivity contribution in [1.29, 1.82) is 5.41 Å². The predicted octanol–water partition coefficient (Wildman–Crippen LogP) is -0.320. The fraction of sp³-hybridized carbons (Fsp3) is 0.636. The Morgan fingerprint density at radius 3 is 2.56 bits per heavy atom. The molecular weight excluding hydrogens is 240 g/mol. The van der Waals surface area contributed by atoms with Crippen molar-refractivity contribution in [2.75, 3.05) is 20.3 Å². The van der Waals surface area contributed by atoms with E-state index in [2.05, 4.69) is 10.1 Å². The number of ether oxygens (including phenoxy) is 2. The summed E-state index contributed by atoms with van der Waals surface area (Å²) in [6.45, 7) is 1.66. The van der Waals surface area contributed by atoms with Gasteiger partial charge in [0.05, 0.1) is 12.8 Å². The maximum absolute atomic E-state index is 11.5. The van der Waals surface area contributed by atoms with E-state index in [-0.39, 0.29) is 26.1 Å². The molecule has 0 aromatic heterocycles. The van der Waals surface area contributed by atoms with E-state index >= 15 is 0 Å². The molecular formula is C11H18N2O5. The second-order valence-corrected chi connectivity index (χ2v) is 3.45. The number of rotatable bonds is 9. The number of Topliss-reactive ketones (excluding diaryl/α,β-unsaturated/α-hetero) is 1. The number of ketones is 1. The fourth-order valence-electron chi connectivity index (χ4n) is 1.22. The first-order valence-corrected chi connectivity index (χ1v) is 5.53. The molecule has 2 N–H and O–H groups in total. The minimum Gasteiger partial charge on any atom is -0.464 e. The topological polar surface area (TPSA) is 106 Å². The van der Waals surface area contributed by atoms with Gasteiger partial charge in [-0.2, -0.15) is 0 Å². The third-order valence-corrected chi connectivity index (χ3v) is 2.02. The van der Waals surface area contributed by atoms with Crippen molar-refractivity contribution in [1.82, 2.24) is 5.32 Å². The van der Waals surface area contributed by atoms with E-state index in [1.807, 2.05) is 0 Å². The molecule has 0 saturated carbocycles. The molecule has 7 nitrogen and oxygen atoms in total. The number of carbonyl (C=O) groups is 3. The van der Waals surface area contributed by atoms with E-state index in [0.717, 1.165) is 0 Å². The van der Waals surface area contributed by atoms with Crippen molar-refractivity contribution in [2.24, 2.45) is 0 Å². The highest BCUT2D eigenvalue weighted by Gasteiger charge is 2.22. The molecule has 0 radical (unpaired) electrons. The SMILES string of the molecule is CCOC(=O)[C@H](CCC(=O)C=N)NC(=O)COC. The van der Waals surface area contributed by atoms with Gasteiger partial charge >= 0.3 is 5.97 Å². The van der Waals surface area contributed by atoms with Gasteiger partial charge in [0.15, 0.2) is 5.78 Å². The zero-order valence-corrected chi connectivity index (χ0v) is 10.5. The lowest BCUT2D eigenvalue weighted by Crippen LogP contribution is -2.43. The highest BCUT2D eigenvalue weighted by Crippen LogP contribution is 2.01. The molecule has 0 unspecified atom stereocenters. The largest absolute Gasteiger partial charge is 0.464 e. The van der Waals surface area contributed by atoms with Crippen LogP contribution >= 0.6 is 0 Å². The van der Waals surface area contributed by atoms with E-state index in [9.17, 15) is 14.4 Å². The number of methoxy groups -OCH3 is 1. The van der Waals surface area contributed by atoms with E-state index in [4.69, 9.17) is 10.1 Å². The van der Waals surface area contributed by atoms with Gasteiger partial charge in [-0.05, 0) is 13.3 Å². The summed E-state index contributed by atoms with van der Waals surface area (Å²) >= 11 is 0. The van der Waals surface area contributed by atoms with Gasteiger partial charge in [-0.3, -0.25) is 9.59 Å². The van der Waals surface area contributed by atoms with Crippen LogP contribution in [0.5, 0.6) is 0 Å². The van der Waals surface area contributed by atoms with Gasteiger partial charge in [0.25, 0.3) is 0 Å². The van der Waals surface area contributed by atoms with Crippen molar-refractivity contribution in [3.8, 4) is 0 Å². The fourth-order valence-corrected chi connectivity index (χ4v) is 1.22. The Labute approximate surface area is 105 Å². The second kappa shape index (κ2) is 9.29.